The van der Waals surface area contributed by atoms with Crippen LogP contribution in [-0.4, -0.2) is 46.5 Å². The van der Waals surface area contributed by atoms with Crippen molar-refractivity contribution in [2.24, 2.45) is 0 Å². The first-order valence-electron chi connectivity index (χ1n) is 5.20. The quantitative estimate of drug-likeness (QED) is 0.725. The van der Waals surface area contributed by atoms with Gasteiger partial charge in [-0.25, -0.2) is 0 Å². The van der Waals surface area contributed by atoms with Gasteiger partial charge >= 0.3 is 0 Å². The molecule has 1 aromatic rings. The molecule has 2 N–H and O–H groups in total. The highest BCUT2D eigenvalue weighted by molar-refractivity contribution is 5.94. The molecule has 1 aromatic heterocycles. The number of carbonyl (C=O) groups is 2. The van der Waals surface area contributed by atoms with E-state index in [9.17, 15) is 9.59 Å². The predicted octanol–water partition coefficient (Wildman–Crippen LogP) is -0.240. The van der Waals surface area contributed by atoms with Crippen molar-refractivity contribution < 1.29 is 9.59 Å². The Kier molecular flexibility index (Phi) is 2.89. The third-order valence-corrected chi connectivity index (χ3v) is 2.72. The Hall–Kier alpha value is -1.85. The lowest BCUT2D eigenvalue weighted by Crippen LogP contribution is -2.48. The van der Waals surface area contributed by atoms with Gasteiger partial charge in [0.15, 0.2) is 0 Å². The molecule has 16 heavy (non-hydrogen) atoms. The number of nitrogens with one attached hydrogen (secondary N) is 2. The number of aromatic nitrogens is 2. The molecule has 86 valence electrons. The molecule has 0 bridgehead atoms. The van der Waals surface area contributed by atoms with Crippen molar-refractivity contribution in [3.8, 4) is 0 Å². The van der Waals surface area contributed by atoms with E-state index in [1.54, 1.807) is 18.1 Å². The highest BCUT2D eigenvalue weighted by Crippen LogP contribution is 2.10. The Balaban J connectivity index is 1.91. The first kappa shape index (κ1) is 10.7. The molecule has 0 aliphatic carbocycles. The summed E-state index contributed by atoms with van der Waals surface area (Å²) >= 11 is 0. The maximum atomic E-state index is 11.7. The van der Waals surface area contributed by atoms with Crippen LogP contribution in [0.1, 0.15) is 23.2 Å². The van der Waals surface area contributed by atoms with Crippen molar-refractivity contribution in [2.75, 3.05) is 13.6 Å². The summed E-state index contributed by atoms with van der Waals surface area (Å²) in [5.74, 6) is -0.0182. The highest BCUT2D eigenvalue weighted by Gasteiger charge is 2.24. The van der Waals surface area contributed by atoms with Crippen molar-refractivity contribution in [3.05, 3.63) is 18.0 Å². The van der Waals surface area contributed by atoms with Crippen LogP contribution in [0.15, 0.2) is 12.4 Å². The van der Waals surface area contributed by atoms with E-state index < -0.39 is 0 Å². The van der Waals surface area contributed by atoms with Gasteiger partial charge in [0.2, 0.25) is 5.91 Å². The van der Waals surface area contributed by atoms with Crippen molar-refractivity contribution in [3.63, 3.8) is 0 Å². The monoisotopic (exact) mass is 222 g/mol. The van der Waals surface area contributed by atoms with Gasteiger partial charge in [-0.15, -0.1) is 0 Å². The highest BCUT2D eigenvalue weighted by atomic mass is 16.2. The fourth-order valence-corrected chi connectivity index (χ4v) is 1.77. The van der Waals surface area contributed by atoms with Crippen LogP contribution in [0.3, 0.4) is 0 Å². The Morgan fingerprint density at radius 2 is 2.50 bits per heavy atom. The third kappa shape index (κ3) is 2.21. The van der Waals surface area contributed by atoms with Crippen molar-refractivity contribution >= 4 is 11.8 Å². The van der Waals surface area contributed by atoms with Crippen LogP contribution in [0.25, 0.3) is 0 Å². The number of hydrogen-bond donors (Lipinski definition) is 2. The minimum absolute atomic E-state index is 0.0325. The van der Waals surface area contributed by atoms with Gasteiger partial charge in [-0.2, -0.15) is 5.10 Å². The molecule has 2 rings (SSSR count). The molecule has 0 aromatic carbocycles. The van der Waals surface area contributed by atoms with Gasteiger partial charge < -0.3 is 10.2 Å². The Bertz CT molecular complexity index is 388. The number of piperidine rings is 1. The molecule has 2 heterocycles. The van der Waals surface area contributed by atoms with E-state index in [1.165, 1.54) is 6.20 Å². The van der Waals surface area contributed by atoms with E-state index in [4.69, 9.17) is 0 Å². The van der Waals surface area contributed by atoms with Crippen molar-refractivity contribution in [1.82, 2.24) is 20.4 Å². The van der Waals surface area contributed by atoms with Crippen LogP contribution in [0.4, 0.5) is 0 Å². The number of amides is 2. The van der Waals surface area contributed by atoms with Crippen LogP contribution in [-0.2, 0) is 4.79 Å². The number of nitrogens with zero attached hydrogens (tertiary/aromatic N) is 2. The lowest BCUT2D eigenvalue weighted by atomic mass is 10.1. The van der Waals surface area contributed by atoms with E-state index >= 15 is 0 Å². The molecule has 1 atom stereocenters. The van der Waals surface area contributed by atoms with Gasteiger partial charge in [-0.3, -0.25) is 14.7 Å². The van der Waals surface area contributed by atoms with Gasteiger partial charge in [0.05, 0.1) is 11.8 Å². The molecular formula is C10H14N4O2. The molecule has 0 radical (unpaired) electrons. The predicted molar refractivity (Wildman–Crippen MR) is 56.7 cm³/mol. The first-order valence-corrected chi connectivity index (χ1v) is 5.20. The third-order valence-electron chi connectivity index (χ3n) is 2.72. The van der Waals surface area contributed by atoms with Crippen LogP contribution in [0.5, 0.6) is 0 Å². The summed E-state index contributed by atoms with van der Waals surface area (Å²) in [6.07, 6.45) is 4.22. The average molecular weight is 222 g/mol. The standard InChI is InChI=1S/C10H14N4O2/c1-14-6-8(2-3-9(14)15)13-10(16)7-4-11-12-5-7/h4-5,8H,2-3,6H2,1H3,(H,11,12)(H,13,16). The number of rotatable bonds is 2. The van der Waals surface area contributed by atoms with Crippen molar-refractivity contribution in [2.45, 2.75) is 18.9 Å². The van der Waals surface area contributed by atoms with Gasteiger partial charge in [0.25, 0.3) is 5.91 Å². The van der Waals surface area contributed by atoms with Crippen LogP contribution in [0, 0.1) is 0 Å². The largest absolute Gasteiger partial charge is 0.347 e. The summed E-state index contributed by atoms with van der Waals surface area (Å²) < 4.78 is 0. The fraction of sp³-hybridized carbons (Fsp3) is 0.500. The van der Waals surface area contributed by atoms with Gasteiger partial charge in [0.1, 0.15) is 0 Å². The van der Waals surface area contributed by atoms with Crippen LogP contribution in [0.2, 0.25) is 0 Å². The molecule has 1 unspecified atom stereocenters. The molecule has 0 spiro atoms. The second-order valence-corrected chi connectivity index (χ2v) is 3.97. The lowest BCUT2D eigenvalue weighted by molar-refractivity contribution is -0.132. The summed E-state index contributed by atoms with van der Waals surface area (Å²) in [4.78, 5) is 24.6. The number of aromatic amines is 1. The van der Waals surface area contributed by atoms with Gasteiger partial charge in [-0.05, 0) is 6.42 Å². The maximum absolute atomic E-state index is 11.7. The molecular weight excluding hydrogens is 208 g/mol. The summed E-state index contributed by atoms with van der Waals surface area (Å²) in [6, 6.07) is 0.0325. The normalized spacial score (nSPS) is 20.9. The summed E-state index contributed by atoms with van der Waals surface area (Å²) in [7, 11) is 1.75. The topological polar surface area (TPSA) is 78.1 Å². The SMILES string of the molecule is CN1CC(NC(=O)c2cn[nH]c2)CCC1=O. The zero-order chi connectivity index (χ0) is 11.5. The first-order chi connectivity index (χ1) is 7.66. The average Bonchev–Trinajstić information content (AvgIpc) is 2.77. The van der Waals surface area contributed by atoms with E-state index in [0.717, 1.165) is 0 Å². The molecule has 2 amide bonds. The summed E-state index contributed by atoms with van der Waals surface area (Å²) in [5, 5.41) is 9.18. The van der Waals surface area contributed by atoms with Gasteiger partial charge in [0, 0.05) is 32.3 Å². The zero-order valence-electron chi connectivity index (χ0n) is 9.06. The minimum Gasteiger partial charge on any atom is -0.347 e. The summed E-state index contributed by atoms with van der Waals surface area (Å²) in [6.45, 7) is 0.572. The number of H-pyrrole nitrogens is 1. The van der Waals surface area contributed by atoms with Crippen LogP contribution >= 0.6 is 0 Å². The summed E-state index contributed by atoms with van der Waals surface area (Å²) in [5.41, 5.74) is 0.513. The molecule has 1 fully saturated rings. The molecule has 1 aliphatic heterocycles. The second-order valence-electron chi connectivity index (χ2n) is 3.97. The molecule has 1 aliphatic rings. The Morgan fingerprint density at radius 3 is 3.12 bits per heavy atom. The fourth-order valence-electron chi connectivity index (χ4n) is 1.77. The number of likely N-dealkylation sites (tertiary alicyclic amines) is 1. The number of hydrogen-bond acceptors (Lipinski definition) is 3. The number of carbonyl (C=O) groups excluding carboxylic acids is 2. The van der Waals surface area contributed by atoms with Gasteiger partial charge in [-0.1, -0.05) is 0 Å². The molecule has 6 nitrogen and oxygen atoms in total. The van der Waals surface area contributed by atoms with Crippen molar-refractivity contribution in [1.29, 1.82) is 0 Å². The molecule has 6 heteroatoms. The Morgan fingerprint density at radius 1 is 1.69 bits per heavy atom. The van der Waals surface area contributed by atoms with E-state index in [2.05, 4.69) is 15.5 Å². The minimum atomic E-state index is -0.151. The second kappa shape index (κ2) is 4.34. The van der Waals surface area contributed by atoms with E-state index in [-0.39, 0.29) is 17.9 Å². The van der Waals surface area contributed by atoms with Crippen LogP contribution < -0.4 is 5.32 Å². The number of likely N-dealkylation sites (N-methyl/N-ethyl adjacent to an activating group) is 1. The molecule has 1 saturated heterocycles. The smallest absolute Gasteiger partial charge is 0.254 e. The maximum Gasteiger partial charge on any atom is 0.254 e. The van der Waals surface area contributed by atoms with E-state index in [1.807, 2.05) is 0 Å². The molecule has 0 saturated carbocycles. The lowest BCUT2D eigenvalue weighted by Gasteiger charge is -2.29. The zero-order valence-corrected chi connectivity index (χ0v) is 9.06. The van der Waals surface area contributed by atoms with E-state index in [0.29, 0.717) is 24.9 Å². The Labute approximate surface area is 93.0 Å².